The number of rotatable bonds is 8. The Morgan fingerprint density at radius 2 is 1.86 bits per heavy atom. The van der Waals surface area contributed by atoms with Gasteiger partial charge in [-0.15, -0.1) is 0 Å². The molecule has 0 heterocycles. The molecule has 6 heteroatoms. The smallest absolute Gasteiger partial charge is 0.313 e. The van der Waals surface area contributed by atoms with Gasteiger partial charge in [0.1, 0.15) is 5.75 Å². The zero-order valence-corrected chi connectivity index (χ0v) is 12.8. The van der Waals surface area contributed by atoms with Gasteiger partial charge in [-0.3, -0.25) is 9.59 Å². The third kappa shape index (κ3) is 5.73. The van der Waals surface area contributed by atoms with Crippen LogP contribution in [0.4, 0.5) is 5.69 Å². The van der Waals surface area contributed by atoms with E-state index in [1.165, 1.54) is 12.8 Å². The second-order valence-electron chi connectivity index (χ2n) is 5.28. The normalized spacial score (nSPS) is 13.5. The Morgan fingerprint density at radius 3 is 2.50 bits per heavy atom. The summed E-state index contributed by atoms with van der Waals surface area (Å²) < 4.78 is 10.4. The van der Waals surface area contributed by atoms with Crippen molar-refractivity contribution in [1.82, 2.24) is 5.32 Å². The quantitative estimate of drug-likeness (QED) is 0.564. The molecule has 1 fully saturated rings. The first-order chi connectivity index (χ1) is 10.7. The Kier molecular flexibility index (Phi) is 6.21. The third-order valence-electron chi connectivity index (χ3n) is 3.45. The second kappa shape index (κ2) is 8.38. The lowest BCUT2D eigenvalue weighted by Gasteiger charge is -2.07. The summed E-state index contributed by atoms with van der Waals surface area (Å²) in [6.07, 6.45) is 3.71. The molecule has 1 saturated carbocycles. The molecular formula is C16H22N2O4. The highest BCUT2D eigenvalue weighted by Crippen LogP contribution is 2.31. The molecule has 0 unspecified atom stereocenters. The molecule has 1 aliphatic rings. The maximum atomic E-state index is 11.7. The van der Waals surface area contributed by atoms with Crippen LogP contribution < -0.4 is 15.4 Å². The summed E-state index contributed by atoms with van der Waals surface area (Å²) in [5, 5.41) is 5.05. The zero-order chi connectivity index (χ0) is 15.8. The number of carbonyl (C=O) groups is 2. The number of amides is 2. The van der Waals surface area contributed by atoms with Gasteiger partial charge in [0.25, 0.3) is 0 Å². The average Bonchev–Trinajstić information content (AvgIpc) is 3.35. The van der Waals surface area contributed by atoms with Crippen molar-refractivity contribution in [2.45, 2.75) is 19.3 Å². The topological polar surface area (TPSA) is 76.7 Å². The van der Waals surface area contributed by atoms with Crippen LogP contribution in [0.3, 0.4) is 0 Å². The van der Waals surface area contributed by atoms with Crippen molar-refractivity contribution in [2.24, 2.45) is 5.92 Å². The molecule has 2 N–H and O–H groups in total. The molecule has 6 nitrogen and oxygen atoms in total. The van der Waals surface area contributed by atoms with Crippen LogP contribution in [0.25, 0.3) is 0 Å². The van der Waals surface area contributed by atoms with Gasteiger partial charge in [-0.05, 0) is 36.6 Å². The number of hydrogen-bond donors (Lipinski definition) is 2. The molecule has 2 rings (SSSR count). The molecule has 2 amide bonds. The van der Waals surface area contributed by atoms with Crippen LogP contribution >= 0.6 is 0 Å². The predicted octanol–water partition coefficient (Wildman–Crippen LogP) is 1.57. The van der Waals surface area contributed by atoms with Crippen LogP contribution in [0.15, 0.2) is 24.3 Å². The Balaban J connectivity index is 1.59. The minimum absolute atomic E-state index is 0.333. The SMILES string of the molecule is COc1ccc(NC(=O)C(=O)NCCOCCC2CC2)cc1. The van der Waals surface area contributed by atoms with Crippen molar-refractivity contribution in [3.05, 3.63) is 24.3 Å². The lowest BCUT2D eigenvalue weighted by atomic mass is 10.3. The maximum absolute atomic E-state index is 11.7. The first-order valence-corrected chi connectivity index (χ1v) is 7.50. The van der Waals surface area contributed by atoms with E-state index in [0.29, 0.717) is 24.6 Å². The molecule has 0 aliphatic heterocycles. The standard InChI is InChI=1S/C16H22N2O4/c1-21-14-6-4-13(5-7-14)18-16(20)15(19)17-9-11-22-10-8-12-2-3-12/h4-7,12H,2-3,8-11H2,1H3,(H,17,19)(H,18,20). The molecule has 1 aliphatic carbocycles. The van der Waals surface area contributed by atoms with Gasteiger partial charge in [-0.2, -0.15) is 0 Å². The van der Waals surface area contributed by atoms with E-state index in [4.69, 9.17) is 9.47 Å². The van der Waals surface area contributed by atoms with Crippen LogP contribution in [-0.2, 0) is 14.3 Å². The summed E-state index contributed by atoms with van der Waals surface area (Å²) in [5.74, 6) is 0.167. The van der Waals surface area contributed by atoms with Gasteiger partial charge in [0.05, 0.1) is 13.7 Å². The molecule has 0 saturated heterocycles. The summed E-state index contributed by atoms with van der Waals surface area (Å²) in [4.78, 5) is 23.3. The minimum Gasteiger partial charge on any atom is -0.497 e. The predicted molar refractivity (Wildman–Crippen MR) is 82.8 cm³/mol. The highest BCUT2D eigenvalue weighted by molar-refractivity contribution is 6.39. The Bertz CT molecular complexity index is 497. The summed E-state index contributed by atoms with van der Waals surface area (Å²) in [7, 11) is 1.56. The van der Waals surface area contributed by atoms with E-state index in [1.54, 1.807) is 31.4 Å². The average molecular weight is 306 g/mol. The van der Waals surface area contributed by atoms with E-state index in [-0.39, 0.29) is 0 Å². The third-order valence-corrected chi connectivity index (χ3v) is 3.45. The van der Waals surface area contributed by atoms with E-state index in [0.717, 1.165) is 18.9 Å². The molecule has 0 aromatic heterocycles. The van der Waals surface area contributed by atoms with E-state index in [2.05, 4.69) is 10.6 Å². The zero-order valence-electron chi connectivity index (χ0n) is 12.8. The first kappa shape index (κ1) is 16.3. The largest absolute Gasteiger partial charge is 0.497 e. The van der Waals surface area contributed by atoms with Gasteiger partial charge in [-0.1, -0.05) is 12.8 Å². The van der Waals surface area contributed by atoms with Crippen molar-refractivity contribution >= 4 is 17.5 Å². The summed E-state index contributed by atoms with van der Waals surface area (Å²) in [5.41, 5.74) is 0.543. The fourth-order valence-corrected chi connectivity index (χ4v) is 1.94. The van der Waals surface area contributed by atoms with E-state index < -0.39 is 11.8 Å². The monoisotopic (exact) mass is 306 g/mol. The second-order valence-corrected chi connectivity index (χ2v) is 5.28. The molecule has 22 heavy (non-hydrogen) atoms. The van der Waals surface area contributed by atoms with Gasteiger partial charge in [0.15, 0.2) is 0 Å². The van der Waals surface area contributed by atoms with Crippen molar-refractivity contribution < 1.29 is 19.1 Å². The fraction of sp³-hybridized carbons (Fsp3) is 0.500. The molecule has 1 aromatic rings. The fourth-order valence-electron chi connectivity index (χ4n) is 1.94. The van der Waals surface area contributed by atoms with Gasteiger partial charge in [0, 0.05) is 18.8 Å². The highest BCUT2D eigenvalue weighted by atomic mass is 16.5. The number of methoxy groups -OCH3 is 1. The number of benzene rings is 1. The Morgan fingerprint density at radius 1 is 1.14 bits per heavy atom. The summed E-state index contributed by atoms with van der Waals surface area (Å²) >= 11 is 0. The van der Waals surface area contributed by atoms with Crippen molar-refractivity contribution in [1.29, 1.82) is 0 Å². The minimum atomic E-state index is -0.692. The highest BCUT2D eigenvalue weighted by Gasteiger charge is 2.20. The van der Waals surface area contributed by atoms with Crippen molar-refractivity contribution in [3.63, 3.8) is 0 Å². The molecule has 0 bridgehead atoms. The number of carbonyl (C=O) groups excluding carboxylic acids is 2. The number of nitrogens with one attached hydrogen (secondary N) is 2. The Hall–Kier alpha value is -2.08. The van der Waals surface area contributed by atoms with Crippen molar-refractivity contribution in [3.8, 4) is 5.75 Å². The van der Waals surface area contributed by atoms with Gasteiger partial charge >= 0.3 is 11.8 Å². The van der Waals surface area contributed by atoms with Crippen molar-refractivity contribution in [2.75, 3.05) is 32.2 Å². The van der Waals surface area contributed by atoms with Gasteiger partial charge < -0.3 is 20.1 Å². The molecule has 0 atom stereocenters. The number of anilines is 1. The van der Waals surface area contributed by atoms with Crippen LogP contribution in [0.1, 0.15) is 19.3 Å². The lowest BCUT2D eigenvalue weighted by Crippen LogP contribution is -2.37. The molecular weight excluding hydrogens is 284 g/mol. The van der Waals surface area contributed by atoms with Crippen LogP contribution in [0.2, 0.25) is 0 Å². The van der Waals surface area contributed by atoms with Crippen LogP contribution in [0.5, 0.6) is 5.75 Å². The molecule has 0 spiro atoms. The molecule has 120 valence electrons. The van der Waals surface area contributed by atoms with E-state index in [9.17, 15) is 9.59 Å². The first-order valence-electron chi connectivity index (χ1n) is 7.50. The van der Waals surface area contributed by atoms with Gasteiger partial charge in [-0.25, -0.2) is 0 Å². The molecule has 0 radical (unpaired) electrons. The lowest BCUT2D eigenvalue weighted by molar-refractivity contribution is -0.136. The summed E-state index contributed by atoms with van der Waals surface area (Å²) in [6, 6.07) is 6.76. The van der Waals surface area contributed by atoms with E-state index in [1.807, 2.05) is 0 Å². The Labute approximate surface area is 130 Å². The maximum Gasteiger partial charge on any atom is 0.313 e. The molecule has 1 aromatic carbocycles. The van der Waals surface area contributed by atoms with Crippen LogP contribution in [-0.4, -0.2) is 38.7 Å². The summed E-state index contributed by atoms with van der Waals surface area (Å²) in [6.45, 7) is 1.48. The van der Waals surface area contributed by atoms with Gasteiger partial charge in [0.2, 0.25) is 0 Å². The number of hydrogen-bond acceptors (Lipinski definition) is 4. The van der Waals surface area contributed by atoms with E-state index >= 15 is 0 Å². The number of ether oxygens (including phenoxy) is 2. The van der Waals surface area contributed by atoms with Crippen LogP contribution in [0, 0.1) is 5.92 Å².